The number of hydrogen-bond donors (Lipinski definition) is 1. The summed E-state index contributed by atoms with van der Waals surface area (Å²) in [7, 11) is 3.55. The molecule has 0 aliphatic carbocycles. The van der Waals surface area contributed by atoms with Gasteiger partial charge in [-0.25, -0.2) is 9.97 Å². The molecular weight excluding hydrogens is 458 g/mol. The average molecular weight is 480 g/mol. The monoisotopic (exact) mass is 479 g/mol. The minimum atomic E-state index is -0.0991. The minimum absolute atomic E-state index is 0.0991. The van der Waals surface area contributed by atoms with Crippen molar-refractivity contribution in [2.75, 3.05) is 26.1 Å². The summed E-state index contributed by atoms with van der Waals surface area (Å²) in [4.78, 5) is 23.6. The van der Waals surface area contributed by atoms with E-state index in [1.807, 2.05) is 55.6 Å². The summed E-state index contributed by atoms with van der Waals surface area (Å²) in [6.07, 6.45) is 2.46. The second-order valence-electron chi connectivity index (χ2n) is 7.61. The van der Waals surface area contributed by atoms with Gasteiger partial charge in [0.15, 0.2) is 0 Å². The molecule has 3 heterocycles. The third kappa shape index (κ3) is 4.01. The molecule has 0 fully saturated rings. The van der Waals surface area contributed by atoms with E-state index in [1.54, 1.807) is 18.0 Å². The van der Waals surface area contributed by atoms with Crippen molar-refractivity contribution in [3.05, 3.63) is 70.2 Å². The van der Waals surface area contributed by atoms with Gasteiger partial charge in [0, 0.05) is 37.2 Å². The van der Waals surface area contributed by atoms with Crippen LogP contribution < -0.4 is 10.9 Å². The lowest BCUT2D eigenvalue weighted by Gasteiger charge is -2.09. The molecule has 0 atom stereocenters. The number of fused-ring (bicyclic) bond motifs is 2. The van der Waals surface area contributed by atoms with Crippen molar-refractivity contribution in [3.63, 3.8) is 0 Å². The average Bonchev–Trinajstić information content (AvgIpc) is 3.42. The standard InChI is InChI=1S/C24H22ClN5O2S/c1-26-24-28-18-12-17(8-9-20(18)29(24)10-3-11-32-2)30-14-27-19-13-21(33-22(19)23(30)31)15-4-6-16(25)7-5-15/h4-9,12-14H,3,10-11H2,1-2H3,(H,26,28). The lowest BCUT2D eigenvalue weighted by molar-refractivity contribution is 0.191. The van der Waals surface area contributed by atoms with Crippen molar-refractivity contribution < 1.29 is 4.74 Å². The summed E-state index contributed by atoms with van der Waals surface area (Å²) in [5.74, 6) is 0.782. The molecule has 3 aromatic heterocycles. The van der Waals surface area contributed by atoms with Crippen LogP contribution in [-0.2, 0) is 11.3 Å². The Morgan fingerprint density at radius 1 is 1.12 bits per heavy atom. The highest BCUT2D eigenvalue weighted by atomic mass is 35.5. The van der Waals surface area contributed by atoms with Crippen molar-refractivity contribution in [1.29, 1.82) is 0 Å². The molecule has 0 saturated heterocycles. The summed E-state index contributed by atoms with van der Waals surface area (Å²) in [5, 5.41) is 3.83. The van der Waals surface area contributed by atoms with Crippen LogP contribution in [0, 0.1) is 0 Å². The third-order valence-corrected chi connectivity index (χ3v) is 6.94. The molecule has 0 unspecified atom stereocenters. The molecule has 1 N–H and O–H groups in total. The fourth-order valence-corrected chi connectivity index (χ4v) is 5.08. The van der Waals surface area contributed by atoms with Crippen LogP contribution in [0.3, 0.4) is 0 Å². The zero-order chi connectivity index (χ0) is 22.9. The van der Waals surface area contributed by atoms with Gasteiger partial charge in [-0.15, -0.1) is 11.3 Å². The summed E-state index contributed by atoms with van der Waals surface area (Å²) in [5.41, 5.74) is 4.14. The van der Waals surface area contributed by atoms with Gasteiger partial charge in [0.1, 0.15) is 11.0 Å². The van der Waals surface area contributed by atoms with E-state index < -0.39 is 0 Å². The van der Waals surface area contributed by atoms with Crippen LogP contribution >= 0.6 is 22.9 Å². The van der Waals surface area contributed by atoms with Crippen molar-refractivity contribution in [3.8, 4) is 16.1 Å². The number of anilines is 1. The molecule has 0 aliphatic heterocycles. The smallest absolute Gasteiger partial charge is 0.275 e. The van der Waals surface area contributed by atoms with Crippen LogP contribution in [0.5, 0.6) is 0 Å². The maximum Gasteiger partial charge on any atom is 0.275 e. The zero-order valence-corrected chi connectivity index (χ0v) is 19.8. The zero-order valence-electron chi connectivity index (χ0n) is 18.2. The predicted octanol–water partition coefficient (Wildman–Crippen LogP) is 5.20. The van der Waals surface area contributed by atoms with Crippen molar-refractivity contribution >= 4 is 50.1 Å². The van der Waals surface area contributed by atoms with E-state index in [0.29, 0.717) is 21.8 Å². The second-order valence-corrected chi connectivity index (χ2v) is 9.10. The summed E-state index contributed by atoms with van der Waals surface area (Å²) >= 11 is 7.44. The maximum absolute atomic E-state index is 13.3. The molecule has 2 aromatic carbocycles. The van der Waals surface area contributed by atoms with Crippen LogP contribution in [0.1, 0.15) is 6.42 Å². The number of imidazole rings is 1. The molecule has 7 nitrogen and oxygen atoms in total. The summed E-state index contributed by atoms with van der Waals surface area (Å²) in [6.45, 7) is 1.47. The fraction of sp³-hybridized carbons (Fsp3) is 0.208. The number of aryl methyl sites for hydroxylation is 1. The maximum atomic E-state index is 13.3. The van der Waals surface area contributed by atoms with Crippen LogP contribution in [0.4, 0.5) is 5.95 Å². The molecule has 0 amide bonds. The molecule has 0 aliphatic rings. The number of methoxy groups -OCH3 is 1. The Morgan fingerprint density at radius 2 is 1.94 bits per heavy atom. The first kappa shape index (κ1) is 21.6. The predicted molar refractivity (Wildman–Crippen MR) is 135 cm³/mol. The number of ether oxygens (including phenoxy) is 1. The Hall–Kier alpha value is -3.20. The molecule has 168 valence electrons. The van der Waals surface area contributed by atoms with Crippen molar-refractivity contribution in [2.45, 2.75) is 13.0 Å². The van der Waals surface area contributed by atoms with Gasteiger partial charge < -0.3 is 14.6 Å². The van der Waals surface area contributed by atoms with Crippen molar-refractivity contribution in [2.24, 2.45) is 0 Å². The van der Waals surface area contributed by atoms with Crippen LogP contribution in [-0.4, -0.2) is 39.9 Å². The van der Waals surface area contributed by atoms with Gasteiger partial charge in [-0.2, -0.15) is 0 Å². The highest BCUT2D eigenvalue weighted by molar-refractivity contribution is 7.22. The molecule has 0 spiro atoms. The number of benzene rings is 2. The topological polar surface area (TPSA) is 74.0 Å². The van der Waals surface area contributed by atoms with Crippen LogP contribution in [0.2, 0.25) is 5.02 Å². The van der Waals surface area contributed by atoms with E-state index in [4.69, 9.17) is 21.3 Å². The lowest BCUT2D eigenvalue weighted by atomic mass is 10.2. The number of nitrogens with zero attached hydrogens (tertiary/aromatic N) is 4. The molecule has 0 saturated carbocycles. The van der Waals surface area contributed by atoms with E-state index in [9.17, 15) is 4.79 Å². The molecule has 0 radical (unpaired) electrons. The van der Waals surface area contributed by atoms with E-state index in [2.05, 4.69) is 14.9 Å². The van der Waals surface area contributed by atoms with Crippen molar-refractivity contribution in [1.82, 2.24) is 19.1 Å². The molecule has 33 heavy (non-hydrogen) atoms. The highest BCUT2D eigenvalue weighted by Gasteiger charge is 2.14. The van der Waals surface area contributed by atoms with Gasteiger partial charge >= 0.3 is 0 Å². The number of hydrogen-bond acceptors (Lipinski definition) is 6. The number of thiophene rings is 1. The Balaban J connectivity index is 1.55. The lowest BCUT2D eigenvalue weighted by Crippen LogP contribution is -2.17. The quantitative estimate of drug-likeness (QED) is 0.325. The fourth-order valence-electron chi connectivity index (χ4n) is 3.90. The number of aromatic nitrogens is 4. The Labute approximate surface area is 199 Å². The first-order valence-corrected chi connectivity index (χ1v) is 11.7. The SMILES string of the molecule is CNc1nc2cc(-n3cnc4cc(-c5ccc(Cl)cc5)sc4c3=O)ccc2n1CCCOC. The highest BCUT2D eigenvalue weighted by Crippen LogP contribution is 2.32. The third-order valence-electron chi connectivity index (χ3n) is 5.53. The number of nitrogens with one attached hydrogen (secondary N) is 1. The first-order valence-electron chi connectivity index (χ1n) is 10.5. The number of rotatable bonds is 7. The largest absolute Gasteiger partial charge is 0.385 e. The van der Waals surface area contributed by atoms with E-state index in [1.165, 1.54) is 11.3 Å². The van der Waals surface area contributed by atoms with Gasteiger partial charge in [0.25, 0.3) is 5.56 Å². The summed E-state index contributed by atoms with van der Waals surface area (Å²) in [6, 6.07) is 15.4. The van der Waals surface area contributed by atoms with E-state index in [-0.39, 0.29) is 5.56 Å². The van der Waals surface area contributed by atoms with Gasteiger partial charge in [0.2, 0.25) is 5.95 Å². The molecule has 9 heteroatoms. The second kappa shape index (κ2) is 8.97. The normalized spacial score (nSPS) is 11.5. The molecule has 5 rings (SSSR count). The Morgan fingerprint density at radius 3 is 2.70 bits per heavy atom. The van der Waals surface area contributed by atoms with Gasteiger partial charge in [-0.05, 0) is 48.4 Å². The molecule has 0 bridgehead atoms. The minimum Gasteiger partial charge on any atom is -0.385 e. The van der Waals surface area contributed by atoms with Crippen LogP contribution in [0.25, 0.3) is 37.4 Å². The first-order chi connectivity index (χ1) is 16.1. The van der Waals surface area contributed by atoms with E-state index >= 15 is 0 Å². The van der Waals surface area contributed by atoms with Crippen LogP contribution in [0.15, 0.2) is 59.7 Å². The van der Waals surface area contributed by atoms with Gasteiger partial charge in [0.05, 0.1) is 22.2 Å². The summed E-state index contributed by atoms with van der Waals surface area (Å²) < 4.78 is 9.50. The molecular formula is C24H22ClN5O2S. The number of halogens is 1. The van der Waals surface area contributed by atoms with Gasteiger partial charge in [-0.3, -0.25) is 9.36 Å². The Kier molecular flexibility index (Phi) is 5.88. The Bertz CT molecular complexity index is 1500. The van der Waals surface area contributed by atoms with E-state index in [0.717, 1.165) is 46.1 Å². The van der Waals surface area contributed by atoms with Gasteiger partial charge in [-0.1, -0.05) is 23.7 Å². The molecule has 5 aromatic rings.